The van der Waals surface area contributed by atoms with Gasteiger partial charge in [0.25, 0.3) is 0 Å². The van der Waals surface area contributed by atoms with Gasteiger partial charge in [0.2, 0.25) is 0 Å². The second-order valence-electron chi connectivity index (χ2n) is 2.45. The summed E-state index contributed by atoms with van der Waals surface area (Å²) in [6.45, 7) is 5.51. The predicted octanol–water partition coefficient (Wildman–Crippen LogP) is 1.24. The summed E-state index contributed by atoms with van der Waals surface area (Å²) in [5, 5.41) is 0. The standard InChI is InChI=1S/C7H13NO2/c1-3-6-5-8(4-2)7(9)10-6/h6H,3-5H2,1-2H3. The lowest BCUT2D eigenvalue weighted by Crippen LogP contribution is -2.24. The van der Waals surface area contributed by atoms with Gasteiger partial charge >= 0.3 is 6.09 Å². The molecule has 3 heteroatoms. The molecule has 0 saturated carbocycles. The summed E-state index contributed by atoms with van der Waals surface area (Å²) in [5.41, 5.74) is 0. The maximum atomic E-state index is 10.9. The Labute approximate surface area is 61.0 Å². The summed E-state index contributed by atoms with van der Waals surface area (Å²) in [6.07, 6.45) is 0.893. The van der Waals surface area contributed by atoms with Gasteiger partial charge in [-0.2, -0.15) is 0 Å². The fourth-order valence-electron chi connectivity index (χ4n) is 1.05. The molecule has 0 spiro atoms. The molecule has 1 rings (SSSR count). The molecule has 1 amide bonds. The number of carbonyl (C=O) groups excluding carboxylic acids is 1. The third kappa shape index (κ3) is 1.23. The van der Waals surface area contributed by atoms with E-state index in [-0.39, 0.29) is 12.2 Å². The molecule has 1 saturated heterocycles. The van der Waals surface area contributed by atoms with Crippen molar-refractivity contribution in [3.8, 4) is 0 Å². The van der Waals surface area contributed by atoms with Gasteiger partial charge in [0, 0.05) is 6.54 Å². The van der Waals surface area contributed by atoms with E-state index in [2.05, 4.69) is 0 Å². The van der Waals surface area contributed by atoms with E-state index in [1.165, 1.54) is 0 Å². The van der Waals surface area contributed by atoms with Gasteiger partial charge in [0.1, 0.15) is 6.10 Å². The molecule has 1 fully saturated rings. The highest BCUT2D eigenvalue weighted by Crippen LogP contribution is 2.12. The van der Waals surface area contributed by atoms with Crippen molar-refractivity contribution in [2.75, 3.05) is 13.1 Å². The molecule has 0 bridgehead atoms. The van der Waals surface area contributed by atoms with Gasteiger partial charge < -0.3 is 9.64 Å². The summed E-state index contributed by atoms with van der Waals surface area (Å²) in [6, 6.07) is 0. The topological polar surface area (TPSA) is 29.5 Å². The zero-order valence-electron chi connectivity index (χ0n) is 6.46. The summed E-state index contributed by atoms with van der Waals surface area (Å²) < 4.78 is 5.00. The number of nitrogens with zero attached hydrogens (tertiary/aromatic N) is 1. The lowest BCUT2D eigenvalue weighted by Gasteiger charge is -2.06. The molecule has 1 atom stereocenters. The van der Waals surface area contributed by atoms with Crippen molar-refractivity contribution >= 4 is 6.09 Å². The first-order chi connectivity index (χ1) is 4.77. The quantitative estimate of drug-likeness (QED) is 0.582. The minimum Gasteiger partial charge on any atom is -0.444 e. The summed E-state index contributed by atoms with van der Waals surface area (Å²) >= 11 is 0. The molecule has 0 N–H and O–H groups in total. The van der Waals surface area contributed by atoms with Crippen LogP contribution in [0.5, 0.6) is 0 Å². The van der Waals surface area contributed by atoms with E-state index in [1.54, 1.807) is 4.90 Å². The first-order valence-corrected chi connectivity index (χ1v) is 3.73. The van der Waals surface area contributed by atoms with Crippen LogP contribution in [0.3, 0.4) is 0 Å². The molecule has 0 radical (unpaired) electrons. The van der Waals surface area contributed by atoms with E-state index in [4.69, 9.17) is 4.74 Å². The van der Waals surface area contributed by atoms with E-state index in [9.17, 15) is 4.79 Å². The summed E-state index contributed by atoms with van der Waals surface area (Å²) in [7, 11) is 0. The average molecular weight is 143 g/mol. The number of hydrogen-bond donors (Lipinski definition) is 0. The first kappa shape index (κ1) is 7.38. The van der Waals surface area contributed by atoms with Crippen LogP contribution in [0.2, 0.25) is 0 Å². The van der Waals surface area contributed by atoms with Crippen LogP contribution in [0.15, 0.2) is 0 Å². The Balaban J connectivity index is 2.44. The SMILES string of the molecule is CCC1CN(CC)C(=O)O1. The average Bonchev–Trinajstić information content (AvgIpc) is 2.30. The first-order valence-electron chi connectivity index (χ1n) is 3.73. The zero-order valence-corrected chi connectivity index (χ0v) is 6.46. The van der Waals surface area contributed by atoms with Crippen molar-refractivity contribution < 1.29 is 9.53 Å². The molecular weight excluding hydrogens is 130 g/mol. The predicted molar refractivity (Wildman–Crippen MR) is 37.8 cm³/mol. The zero-order chi connectivity index (χ0) is 7.56. The molecule has 0 aliphatic carbocycles. The third-order valence-electron chi connectivity index (χ3n) is 1.79. The van der Waals surface area contributed by atoms with Gasteiger partial charge in [-0.3, -0.25) is 0 Å². The number of ether oxygens (including phenoxy) is 1. The number of cyclic esters (lactones) is 1. The minimum absolute atomic E-state index is 0.132. The molecule has 10 heavy (non-hydrogen) atoms. The van der Waals surface area contributed by atoms with E-state index in [1.807, 2.05) is 13.8 Å². The van der Waals surface area contributed by atoms with Crippen LogP contribution in [0.1, 0.15) is 20.3 Å². The monoisotopic (exact) mass is 143 g/mol. The fourth-order valence-corrected chi connectivity index (χ4v) is 1.05. The van der Waals surface area contributed by atoms with Crippen LogP contribution in [0.4, 0.5) is 4.79 Å². The van der Waals surface area contributed by atoms with Crippen molar-refractivity contribution in [3.05, 3.63) is 0 Å². The molecule has 0 aromatic rings. The number of likely N-dealkylation sites (N-methyl/N-ethyl adjacent to an activating group) is 1. The van der Waals surface area contributed by atoms with Gasteiger partial charge in [-0.15, -0.1) is 0 Å². The van der Waals surface area contributed by atoms with Crippen molar-refractivity contribution in [1.29, 1.82) is 0 Å². The van der Waals surface area contributed by atoms with E-state index in [0.717, 1.165) is 19.5 Å². The second-order valence-corrected chi connectivity index (χ2v) is 2.45. The Morgan fingerprint density at radius 1 is 1.70 bits per heavy atom. The Morgan fingerprint density at radius 2 is 2.40 bits per heavy atom. The number of carbonyl (C=O) groups is 1. The largest absolute Gasteiger partial charge is 0.444 e. The van der Waals surface area contributed by atoms with Gasteiger partial charge in [0.05, 0.1) is 6.54 Å². The minimum atomic E-state index is -0.158. The molecule has 0 aromatic carbocycles. The molecule has 1 aliphatic heterocycles. The Hall–Kier alpha value is -0.730. The molecule has 0 aromatic heterocycles. The maximum Gasteiger partial charge on any atom is 0.410 e. The van der Waals surface area contributed by atoms with Crippen molar-refractivity contribution in [2.45, 2.75) is 26.4 Å². The van der Waals surface area contributed by atoms with E-state index in [0.29, 0.717) is 0 Å². The molecule has 1 heterocycles. The summed E-state index contributed by atoms with van der Waals surface area (Å²) in [5.74, 6) is 0. The number of rotatable bonds is 2. The molecule has 3 nitrogen and oxygen atoms in total. The number of hydrogen-bond acceptors (Lipinski definition) is 2. The van der Waals surface area contributed by atoms with Crippen molar-refractivity contribution in [3.63, 3.8) is 0 Å². The Kier molecular flexibility index (Phi) is 2.14. The molecule has 58 valence electrons. The Bertz CT molecular complexity index is 136. The molecule has 1 unspecified atom stereocenters. The van der Waals surface area contributed by atoms with Crippen LogP contribution in [-0.2, 0) is 4.74 Å². The van der Waals surface area contributed by atoms with Crippen LogP contribution in [-0.4, -0.2) is 30.2 Å². The van der Waals surface area contributed by atoms with Gasteiger partial charge in [-0.05, 0) is 13.3 Å². The lowest BCUT2D eigenvalue weighted by molar-refractivity contribution is 0.131. The highest BCUT2D eigenvalue weighted by molar-refractivity contribution is 5.69. The lowest BCUT2D eigenvalue weighted by atomic mass is 10.3. The van der Waals surface area contributed by atoms with Crippen LogP contribution in [0, 0.1) is 0 Å². The highest BCUT2D eigenvalue weighted by atomic mass is 16.6. The Morgan fingerprint density at radius 3 is 2.70 bits per heavy atom. The fraction of sp³-hybridized carbons (Fsp3) is 0.857. The number of amides is 1. The van der Waals surface area contributed by atoms with Crippen LogP contribution >= 0.6 is 0 Å². The second kappa shape index (κ2) is 2.90. The van der Waals surface area contributed by atoms with Gasteiger partial charge in [-0.1, -0.05) is 6.92 Å². The van der Waals surface area contributed by atoms with Crippen molar-refractivity contribution in [2.24, 2.45) is 0 Å². The normalized spacial score (nSPS) is 25.2. The summed E-state index contributed by atoms with van der Waals surface area (Å²) in [4.78, 5) is 12.6. The molecule has 1 aliphatic rings. The maximum absolute atomic E-state index is 10.9. The van der Waals surface area contributed by atoms with Crippen LogP contribution in [0.25, 0.3) is 0 Å². The molecular formula is C7H13NO2. The van der Waals surface area contributed by atoms with Crippen molar-refractivity contribution in [1.82, 2.24) is 4.90 Å². The van der Waals surface area contributed by atoms with Crippen LogP contribution < -0.4 is 0 Å². The third-order valence-corrected chi connectivity index (χ3v) is 1.79. The van der Waals surface area contributed by atoms with Gasteiger partial charge in [0.15, 0.2) is 0 Å². The van der Waals surface area contributed by atoms with E-state index < -0.39 is 0 Å². The van der Waals surface area contributed by atoms with Gasteiger partial charge in [-0.25, -0.2) is 4.79 Å². The van der Waals surface area contributed by atoms with E-state index >= 15 is 0 Å². The smallest absolute Gasteiger partial charge is 0.410 e. The highest BCUT2D eigenvalue weighted by Gasteiger charge is 2.27.